The van der Waals surface area contributed by atoms with Crippen LogP contribution >= 0.6 is 0 Å². The minimum atomic E-state index is -1.17. The van der Waals surface area contributed by atoms with Gasteiger partial charge in [0.2, 0.25) is 0 Å². The Morgan fingerprint density at radius 3 is 2.68 bits per heavy atom. The highest BCUT2D eigenvalue weighted by Crippen LogP contribution is 2.21. The van der Waals surface area contributed by atoms with E-state index in [0.717, 1.165) is 10.8 Å². The van der Waals surface area contributed by atoms with Gasteiger partial charge in [-0.1, -0.05) is 6.07 Å². The highest BCUT2D eigenvalue weighted by molar-refractivity contribution is 5.91. The summed E-state index contributed by atoms with van der Waals surface area (Å²) >= 11 is 0. The molecule has 0 bridgehead atoms. The molecule has 0 saturated carbocycles. The van der Waals surface area contributed by atoms with Gasteiger partial charge in [0.15, 0.2) is 0 Å². The lowest BCUT2D eigenvalue weighted by Crippen LogP contribution is -2.29. The largest absolute Gasteiger partial charge is 0.508 e. The Labute approximate surface area is 140 Å². The quantitative estimate of drug-likeness (QED) is 0.416. The van der Waals surface area contributed by atoms with Crippen molar-refractivity contribution < 1.29 is 15.0 Å². The molecule has 1 heterocycles. The Hall–Kier alpha value is -3.81. The topological polar surface area (TPSA) is 138 Å². The van der Waals surface area contributed by atoms with Crippen LogP contribution in [0.15, 0.2) is 52.1 Å². The second-order valence-electron chi connectivity index (χ2n) is 5.27. The Kier molecular flexibility index (Phi) is 3.86. The first-order valence-corrected chi connectivity index (χ1v) is 7.16. The average Bonchev–Trinajstić information content (AvgIpc) is 2.56. The van der Waals surface area contributed by atoms with Gasteiger partial charge in [0.05, 0.1) is 16.5 Å². The Balaban J connectivity index is 2.36. The lowest BCUT2D eigenvalue weighted by molar-refractivity contribution is -0.131. The molecule has 25 heavy (non-hydrogen) atoms. The smallest absolute Gasteiger partial charge is 0.328 e. The van der Waals surface area contributed by atoms with E-state index in [4.69, 9.17) is 10.8 Å². The number of benzene rings is 2. The number of nitrogen functional groups attached to an aromatic ring is 1. The lowest BCUT2D eigenvalue weighted by atomic mass is 10.1. The van der Waals surface area contributed by atoms with E-state index >= 15 is 0 Å². The molecule has 0 aliphatic rings. The van der Waals surface area contributed by atoms with Crippen molar-refractivity contribution >= 4 is 28.5 Å². The molecular weight excluding hydrogens is 326 g/mol. The molecule has 3 rings (SSSR count). The van der Waals surface area contributed by atoms with E-state index in [1.54, 1.807) is 6.07 Å². The second-order valence-corrected chi connectivity index (χ2v) is 5.27. The molecule has 0 aliphatic carbocycles. The van der Waals surface area contributed by atoms with Gasteiger partial charge < -0.3 is 15.9 Å². The number of carboxylic acids is 1. The fourth-order valence-electron chi connectivity index (χ4n) is 2.53. The van der Waals surface area contributed by atoms with Crippen LogP contribution in [-0.4, -0.2) is 26.0 Å². The number of nitrogens with zero attached hydrogens (tertiary/aromatic N) is 1. The molecule has 0 unspecified atom stereocenters. The summed E-state index contributed by atoms with van der Waals surface area (Å²) in [5.74, 6) is -1.32. The molecule has 0 atom stereocenters. The van der Waals surface area contributed by atoms with E-state index in [1.807, 2.05) is 0 Å². The standard InChI is InChI=1S/C17H13N3O5/c18-12-3-1-2-11-15(12)16(24)19-20(17(11)25)13-8-10(21)6-4-9(13)5-7-14(22)23/h1-8,21H,18H2,(H,19,24)(H,22,23)/b7-5+. The van der Waals surface area contributed by atoms with Crippen molar-refractivity contribution in [2.75, 3.05) is 5.73 Å². The molecule has 0 aliphatic heterocycles. The maximum absolute atomic E-state index is 12.8. The van der Waals surface area contributed by atoms with Gasteiger partial charge in [0.1, 0.15) is 5.75 Å². The first-order valence-electron chi connectivity index (χ1n) is 7.16. The van der Waals surface area contributed by atoms with E-state index in [2.05, 4.69) is 5.10 Å². The highest BCUT2D eigenvalue weighted by Gasteiger charge is 2.13. The minimum Gasteiger partial charge on any atom is -0.508 e. The van der Waals surface area contributed by atoms with Crippen molar-refractivity contribution in [3.05, 3.63) is 68.7 Å². The Morgan fingerprint density at radius 1 is 1.20 bits per heavy atom. The SMILES string of the molecule is Nc1cccc2c(=O)n(-c3cc(O)ccc3/C=C/C(=O)O)[nH]c(=O)c12. The number of rotatable bonds is 3. The Bertz CT molecular complexity index is 1140. The molecule has 0 amide bonds. The molecule has 5 N–H and O–H groups in total. The zero-order valence-corrected chi connectivity index (χ0v) is 12.8. The highest BCUT2D eigenvalue weighted by atomic mass is 16.4. The maximum Gasteiger partial charge on any atom is 0.328 e. The number of aromatic amines is 1. The van der Waals surface area contributed by atoms with Crippen LogP contribution in [0.4, 0.5) is 5.69 Å². The van der Waals surface area contributed by atoms with Crippen LogP contribution in [0.3, 0.4) is 0 Å². The molecule has 1 aromatic heterocycles. The number of hydrogen-bond acceptors (Lipinski definition) is 5. The summed E-state index contributed by atoms with van der Waals surface area (Å²) in [6.07, 6.45) is 2.14. The van der Waals surface area contributed by atoms with Gasteiger partial charge in [0.25, 0.3) is 11.1 Å². The zero-order chi connectivity index (χ0) is 18.1. The fraction of sp³-hybridized carbons (Fsp3) is 0. The first-order chi connectivity index (χ1) is 11.9. The lowest BCUT2D eigenvalue weighted by Gasteiger charge is -2.11. The third kappa shape index (κ3) is 2.88. The summed E-state index contributed by atoms with van der Waals surface area (Å²) in [7, 11) is 0. The normalized spacial score (nSPS) is 11.2. The van der Waals surface area contributed by atoms with E-state index in [1.165, 1.54) is 36.4 Å². The molecule has 0 radical (unpaired) electrons. The van der Waals surface area contributed by atoms with Gasteiger partial charge in [-0.2, -0.15) is 0 Å². The number of aromatic hydroxyl groups is 1. The van der Waals surface area contributed by atoms with Crippen molar-refractivity contribution in [2.45, 2.75) is 0 Å². The van der Waals surface area contributed by atoms with Gasteiger partial charge in [-0.05, 0) is 30.3 Å². The Morgan fingerprint density at radius 2 is 1.96 bits per heavy atom. The third-order valence-corrected chi connectivity index (χ3v) is 3.63. The number of phenolic OH excluding ortho intramolecular Hbond substituents is 1. The number of carbonyl (C=O) groups is 1. The first kappa shape index (κ1) is 16.1. The number of nitrogens with two attached hydrogens (primary N) is 1. The van der Waals surface area contributed by atoms with E-state index < -0.39 is 17.1 Å². The maximum atomic E-state index is 12.8. The zero-order valence-electron chi connectivity index (χ0n) is 12.8. The van der Waals surface area contributed by atoms with Crippen LogP contribution < -0.4 is 16.9 Å². The number of nitrogens with one attached hydrogen (secondary N) is 1. The number of H-pyrrole nitrogens is 1. The predicted molar refractivity (Wildman–Crippen MR) is 92.9 cm³/mol. The molecule has 0 fully saturated rings. The molecule has 8 heteroatoms. The minimum absolute atomic E-state index is 0.0755. The van der Waals surface area contributed by atoms with Crippen molar-refractivity contribution in [1.29, 1.82) is 0 Å². The number of aromatic nitrogens is 2. The number of hydrogen-bond donors (Lipinski definition) is 4. The number of phenols is 1. The van der Waals surface area contributed by atoms with Gasteiger partial charge >= 0.3 is 5.97 Å². The average molecular weight is 339 g/mol. The van der Waals surface area contributed by atoms with Crippen molar-refractivity contribution in [3.63, 3.8) is 0 Å². The summed E-state index contributed by atoms with van der Waals surface area (Å²) in [6, 6.07) is 8.55. The van der Waals surface area contributed by atoms with Crippen molar-refractivity contribution in [1.82, 2.24) is 9.78 Å². The summed E-state index contributed by atoms with van der Waals surface area (Å²) in [5.41, 5.74) is 5.25. The summed E-state index contributed by atoms with van der Waals surface area (Å²) in [6.45, 7) is 0. The predicted octanol–water partition coefficient (Wildman–Crippen LogP) is 1.06. The number of fused-ring (bicyclic) bond motifs is 1. The van der Waals surface area contributed by atoms with Gasteiger partial charge in [-0.25, -0.2) is 9.48 Å². The van der Waals surface area contributed by atoms with Crippen molar-refractivity contribution in [3.8, 4) is 11.4 Å². The summed E-state index contributed by atoms with van der Waals surface area (Å²) in [4.78, 5) is 35.8. The summed E-state index contributed by atoms with van der Waals surface area (Å²) < 4.78 is 0.950. The molecule has 8 nitrogen and oxygen atoms in total. The molecule has 126 valence electrons. The molecule has 0 spiro atoms. The number of carboxylic acid groups (broad SMARTS) is 1. The van der Waals surface area contributed by atoms with Crippen LogP contribution in [0.1, 0.15) is 5.56 Å². The van der Waals surface area contributed by atoms with E-state index in [9.17, 15) is 19.5 Å². The summed E-state index contributed by atoms with van der Waals surface area (Å²) in [5, 5.41) is 21.1. The van der Waals surface area contributed by atoms with Crippen molar-refractivity contribution in [2.24, 2.45) is 0 Å². The van der Waals surface area contributed by atoms with Crippen LogP contribution in [-0.2, 0) is 4.79 Å². The fourth-order valence-corrected chi connectivity index (χ4v) is 2.53. The molecule has 3 aromatic rings. The molecule has 2 aromatic carbocycles. The van der Waals surface area contributed by atoms with Crippen LogP contribution in [0, 0.1) is 0 Å². The monoisotopic (exact) mass is 339 g/mol. The molecular formula is C17H13N3O5. The van der Waals surface area contributed by atoms with Crippen LogP contribution in [0.5, 0.6) is 5.75 Å². The number of aliphatic carboxylic acids is 1. The van der Waals surface area contributed by atoms with E-state index in [-0.39, 0.29) is 27.9 Å². The van der Waals surface area contributed by atoms with Crippen LogP contribution in [0.25, 0.3) is 22.5 Å². The van der Waals surface area contributed by atoms with Crippen LogP contribution in [0.2, 0.25) is 0 Å². The van der Waals surface area contributed by atoms with Gasteiger partial charge in [0, 0.05) is 23.4 Å². The van der Waals surface area contributed by atoms with E-state index in [0.29, 0.717) is 5.56 Å². The number of anilines is 1. The molecule has 0 saturated heterocycles. The van der Waals surface area contributed by atoms with Gasteiger partial charge in [-0.3, -0.25) is 14.7 Å². The van der Waals surface area contributed by atoms with Gasteiger partial charge in [-0.15, -0.1) is 0 Å². The second kappa shape index (κ2) is 6.00. The third-order valence-electron chi connectivity index (χ3n) is 3.63.